The lowest BCUT2D eigenvalue weighted by molar-refractivity contribution is 0.920. The minimum atomic E-state index is 0. The molecule has 1 nitrogen and oxygen atoms in total. The van der Waals surface area contributed by atoms with Gasteiger partial charge in [-0.25, -0.2) is 0 Å². The van der Waals surface area contributed by atoms with E-state index in [-0.39, 0.29) is 12.4 Å². The lowest BCUT2D eigenvalue weighted by atomic mass is 9.87. The Balaban J connectivity index is 0.00000147. The molecule has 0 saturated heterocycles. The van der Waals surface area contributed by atoms with Gasteiger partial charge in [0.05, 0.1) is 0 Å². The zero-order chi connectivity index (χ0) is 13.2. The molecule has 3 heteroatoms. The maximum absolute atomic E-state index is 4.36. The van der Waals surface area contributed by atoms with E-state index in [1.165, 1.54) is 27.1 Å². The molecule has 1 aliphatic rings. The maximum Gasteiger partial charge on any atom is 0.0308 e. The van der Waals surface area contributed by atoms with Gasteiger partial charge in [0.15, 0.2) is 0 Å². The number of nitrogens with zero attached hydrogens (tertiary/aromatic N) is 1. The summed E-state index contributed by atoms with van der Waals surface area (Å²) in [6, 6.07) is 10.6. The third-order valence-corrected chi connectivity index (χ3v) is 5.10. The van der Waals surface area contributed by atoms with Crippen molar-refractivity contribution in [3.8, 4) is 0 Å². The molecule has 0 aliphatic carbocycles. The molecule has 1 unspecified atom stereocenters. The first-order valence-corrected chi connectivity index (χ1v) is 7.47. The summed E-state index contributed by atoms with van der Waals surface area (Å²) in [6.07, 6.45) is 5.06. The summed E-state index contributed by atoms with van der Waals surface area (Å²) in [4.78, 5) is 5.85. The van der Waals surface area contributed by atoms with Crippen LogP contribution in [0.4, 0.5) is 0 Å². The van der Waals surface area contributed by atoms with E-state index >= 15 is 0 Å². The number of hydrogen-bond acceptors (Lipinski definition) is 2. The highest BCUT2D eigenvalue weighted by molar-refractivity contribution is 7.10. The molecule has 2 aromatic rings. The van der Waals surface area contributed by atoms with Crippen molar-refractivity contribution in [2.75, 3.05) is 0 Å². The van der Waals surface area contributed by atoms with Gasteiger partial charge in [0.1, 0.15) is 0 Å². The Labute approximate surface area is 130 Å². The molecule has 1 aromatic carbocycles. The van der Waals surface area contributed by atoms with E-state index in [4.69, 9.17) is 0 Å². The van der Waals surface area contributed by atoms with Crippen molar-refractivity contribution in [2.24, 2.45) is 4.99 Å². The van der Waals surface area contributed by atoms with Crippen LogP contribution in [-0.4, -0.2) is 6.21 Å². The van der Waals surface area contributed by atoms with Gasteiger partial charge in [0, 0.05) is 23.2 Å². The Bertz CT molecular complexity index is 640. The number of allylic oxidation sites excluding steroid dienone is 1. The van der Waals surface area contributed by atoms with Crippen LogP contribution in [0.15, 0.2) is 46.9 Å². The highest BCUT2D eigenvalue weighted by Gasteiger charge is 2.23. The maximum atomic E-state index is 4.36. The van der Waals surface area contributed by atoms with E-state index in [0.717, 1.165) is 6.42 Å². The second-order valence-corrected chi connectivity index (χ2v) is 5.89. The van der Waals surface area contributed by atoms with Crippen molar-refractivity contribution in [2.45, 2.75) is 26.2 Å². The average molecular weight is 304 g/mol. The van der Waals surface area contributed by atoms with Gasteiger partial charge in [-0.2, -0.15) is 0 Å². The van der Waals surface area contributed by atoms with Crippen LogP contribution in [0, 0.1) is 13.8 Å². The molecule has 20 heavy (non-hydrogen) atoms. The van der Waals surface area contributed by atoms with Crippen LogP contribution in [-0.2, 0) is 0 Å². The van der Waals surface area contributed by atoms with Crippen molar-refractivity contribution >= 4 is 35.5 Å². The molecule has 0 amide bonds. The van der Waals surface area contributed by atoms with E-state index < -0.39 is 0 Å². The first-order chi connectivity index (χ1) is 9.27. The summed E-state index contributed by atoms with van der Waals surface area (Å²) >= 11 is 1.88. The quantitative estimate of drug-likeness (QED) is 0.705. The summed E-state index contributed by atoms with van der Waals surface area (Å²) in [5.74, 6) is 0.457. The summed E-state index contributed by atoms with van der Waals surface area (Å²) in [7, 11) is 0. The molecular weight excluding hydrogens is 286 g/mol. The monoisotopic (exact) mass is 303 g/mol. The molecular formula is C17H18ClNS. The number of aliphatic imine (C=N–C) groups is 1. The molecule has 1 aliphatic heterocycles. The highest BCUT2D eigenvalue weighted by Crippen LogP contribution is 2.41. The largest absolute Gasteiger partial charge is 0.269 e. The van der Waals surface area contributed by atoms with Gasteiger partial charge in [0.25, 0.3) is 0 Å². The first kappa shape index (κ1) is 15.0. The van der Waals surface area contributed by atoms with Crippen molar-refractivity contribution in [1.82, 2.24) is 0 Å². The van der Waals surface area contributed by atoms with E-state index in [1.807, 2.05) is 23.8 Å². The van der Waals surface area contributed by atoms with E-state index in [0.29, 0.717) is 5.92 Å². The lowest BCUT2D eigenvalue weighted by Gasteiger charge is -2.21. The molecule has 0 fully saturated rings. The lowest BCUT2D eigenvalue weighted by Crippen LogP contribution is -2.06. The number of rotatable bonds is 2. The number of halogens is 1. The van der Waals surface area contributed by atoms with Gasteiger partial charge in [0.2, 0.25) is 0 Å². The molecule has 0 radical (unpaired) electrons. The van der Waals surface area contributed by atoms with Gasteiger partial charge in [-0.1, -0.05) is 30.3 Å². The minimum Gasteiger partial charge on any atom is -0.269 e. The van der Waals surface area contributed by atoms with E-state index in [1.54, 1.807) is 0 Å². The highest BCUT2D eigenvalue weighted by atomic mass is 35.5. The Morgan fingerprint density at radius 2 is 1.90 bits per heavy atom. The number of aryl methyl sites for hydroxylation is 1. The second-order valence-electron chi connectivity index (χ2n) is 4.98. The van der Waals surface area contributed by atoms with E-state index in [9.17, 15) is 0 Å². The molecule has 0 bridgehead atoms. The van der Waals surface area contributed by atoms with Gasteiger partial charge < -0.3 is 0 Å². The normalized spacial score (nSPS) is 17.5. The topological polar surface area (TPSA) is 12.4 Å². The number of benzene rings is 1. The third-order valence-electron chi connectivity index (χ3n) is 3.78. The smallest absolute Gasteiger partial charge is 0.0308 e. The number of thiophene rings is 1. The van der Waals surface area contributed by atoms with Gasteiger partial charge in [-0.3, -0.25) is 4.99 Å². The molecule has 0 saturated carbocycles. The summed E-state index contributed by atoms with van der Waals surface area (Å²) in [5, 5.41) is 2.26. The zero-order valence-corrected chi connectivity index (χ0v) is 13.3. The molecule has 2 heterocycles. The van der Waals surface area contributed by atoms with Crippen molar-refractivity contribution in [3.05, 3.63) is 63.5 Å². The molecule has 1 atom stereocenters. The Morgan fingerprint density at radius 3 is 2.55 bits per heavy atom. The van der Waals surface area contributed by atoms with Crippen LogP contribution in [0.25, 0.3) is 5.57 Å². The van der Waals surface area contributed by atoms with Gasteiger partial charge in [-0.15, -0.1) is 23.7 Å². The summed E-state index contributed by atoms with van der Waals surface area (Å²) < 4.78 is 0. The van der Waals surface area contributed by atoms with Crippen molar-refractivity contribution in [1.29, 1.82) is 0 Å². The van der Waals surface area contributed by atoms with Crippen LogP contribution >= 0.6 is 23.7 Å². The van der Waals surface area contributed by atoms with Crippen LogP contribution in [0.2, 0.25) is 0 Å². The fourth-order valence-electron chi connectivity index (χ4n) is 2.54. The SMILES string of the molecule is Cc1csc(C2CC=NC=C2c2ccccc2)c1C.Cl. The fourth-order valence-corrected chi connectivity index (χ4v) is 3.74. The Kier molecular flexibility index (Phi) is 4.79. The fraction of sp³-hybridized carbons (Fsp3) is 0.235. The van der Waals surface area contributed by atoms with Crippen molar-refractivity contribution < 1.29 is 0 Å². The standard InChI is InChI=1S/C17H17NS.ClH/c1-12-11-19-17(13(12)2)15-8-9-18-10-16(15)14-6-4-3-5-7-14;/h3-7,9-11,15H,8H2,1-2H3;1H. The average Bonchev–Trinajstić information content (AvgIpc) is 2.80. The van der Waals surface area contributed by atoms with Crippen LogP contribution < -0.4 is 0 Å². The van der Waals surface area contributed by atoms with Crippen LogP contribution in [0.5, 0.6) is 0 Å². The first-order valence-electron chi connectivity index (χ1n) is 6.59. The van der Waals surface area contributed by atoms with Gasteiger partial charge in [-0.05, 0) is 47.9 Å². The predicted octanol–water partition coefficient (Wildman–Crippen LogP) is 5.39. The summed E-state index contributed by atoms with van der Waals surface area (Å²) in [6.45, 7) is 4.42. The molecule has 0 N–H and O–H groups in total. The summed E-state index contributed by atoms with van der Waals surface area (Å²) in [5.41, 5.74) is 5.46. The Morgan fingerprint density at radius 1 is 1.15 bits per heavy atom. The predicted molar refractivity (Wildman–Crippen MR) is 91.3 cm³/mol. The minimum absolute atomic E-state index is 0. The molecule has 3 rings (SSSR count). The van der Waals surface area contributed by atoms with Gasteiger partial charge >= 0.3 is 0 Å². The molecule has 0 spiro atoms. The third kappa shape index (κ3) is 2.72. The van der Waals surface area contributed by atoms with Crippen LogP contribution in [0.3, 0.4) is 0 Å². The van der Waals surface area contributed by atoms with E-state index in [2.05, 4.69) is 54.6 Å². The molecule has 1 aromatic heterocycles. The second kappa shape index (κ2) is 6.38. The Hall–Kier alpha value is -1.38. The molecule has 104 valence electrons. The van der Waals surface area contributed by atoms with Crippen molar-refractivity contribution in [3.63, 3.8) is 0 Å². The van der Waals surface area contributed by atoms with Crippen LogP contribution in [0.1, 0.15) is 33.9 Å². The number of hydrogen-bond donors (Lipinski definition) is 0. The zero-order valence-electron chi connectivity index (χ0n) is 11.7.